The summed E-state index contributed by atoms with van der Waals surface area (Å²) in [6.45, 7) is 1.86. The third-order valence-corrected chi connectivity index (χ3v) is 4.78. The number of aliphatic hydroxyl groups is 1. The van der Waals surface area contributed by atoms with Gasteiger partial charge in [0.05, 0.1) is 12.8 Å². The second-order valence-corrected chi connectivity index (χ2v) is 6.58. The van der Waals surface area contributed by atoms with Crippen LogP contribution in [0, 0.1) is 5.92 Å². The van der Waals surface area contributed by atoms with E-state index < -0.39 is 0 Å². The largest absolute Gasteiger partial charge is 0.396 e. The molecule has 0 aliphatic carbocycles. The molecule has 2 aromatic rings. The topological polar surface area (TPSA) is 67.6 Å². The minimum absolute atomic E-state index is 0.0158. The molecule has 0 bridgehead atoms. The number of amides is 1. The molecule has 0 saturated carbocycles. The molecule has 1 N–H and O–H groups in total. The van der Waals surface area contributed by atoms with Crippen LogP contribution in [0.25, 0.3) is 0 Å². The van der Waals surface area contributed by atoms with Crippen LogP contribution in [0.5, 0.6) is 0 Å². The maximum Gasteiger partial charge on any atom is 0.248 e. The van der Waals surface area contributed by atoms with Crippen molar-refractivity contribution < 1.29 is 14.6 Å². The fourth-order valence-corrected chi connectivity index (χ4v) is 3.35. The van der Waals surface area contributed by atoms with Crippen LogP contribution in [0.2, 0.25) is 0 Å². The second-order valence-electron chi connectivity index (χ2n) is 6.58. The van der Waals surface area contributed by atoms with E-state index in [1.54, 1.807) is 9.58 Å². The number of aliphatic hydroxyl groups excluding tert-OH is 1. The minimum Gasteiger partial charge on any atom is -0.396 e. The molecule has 3 rings (SSSR count). The quantitative estimate of drug-likeness (QED) is 0.768. The van der Waals surface area contributed by atoms with Gasteiger partial charge < -0.3 is 14.7 Å². The van der Waals surface area contributed by atoms with Gasteiger partial charge in [0.15, 0.2) is 0 Å². The highest BCUT2D eigenvalue weighted by atomic mass is 16.5. The van der Waals surface area contributed by atoms with Crippen LogP contribution < -0.4 is 0 Å². The predicted molar refractivity (Wildman–Crippen MR) is 94.1 cm³/mol. The number of benzene rings is 1. The molecule has 1 fully saturated rings. The number of rotatable bonds is 7. The van der Waals surface area contributed by atoms with Gasteiger partial charge in [-0.25, -0.2) is 0 Å². The van der Waals surface area contributed by atoms with Gasteiger partial charge in [-0.15, -0.1) is 0 Å². The molecule has 2 heterocycles. The lowest BCUT2D eigenvalue weighted by Gasteiger charge is -2.16. The Morgan fingerprint density at radius 3 is 2.80 bits per heavy atom. The van der Waals surface area contributed by atoms with Crippen molar-refractivity contribution in [2.75, 3.05) is 32.9 Å². The Bertz CT molecular complexity index is 686. The Morgan fingerprint density at radius 1 is 1.32 bits per heavy atom. The van der Waals surface area contributed by atoms with Gasteiger partial charge in [0.2, 0.25) is 5.91 Å². The zero-order valence-electron chi connectivity index (χ0n) is 14.5. The van der Waals surface area contributed by atoms with E-state index in [0.29, 0.717) is 19.7 Å². The Morgan fingerprint density at radius 2 is 2.12 bits per heavy atom. The highest BCUT2D eigenvalue weighted by Crippen LogP contribution is 2.32. The summed E-state index contributed by atoms with van der Waals surface area (Å²) in [5.41, 5.74) is 2.27. The highest BCUT2D eigenvalue weighted by molar-refractivity contribution is 5.78. The summed E-state index contributed by atoms with van der Waals surface area (Å²) in [5, 5.41) is 13.8. The highest BCUT2D eigenvalue weighted by Gasteiger charge is 2.36. The molecule has 134 valence electrons. The average molecular weight is 343 g/mol. The summed E-state index contributed by atoms with van der Waals surface area (Å²) in [7, 11) is 1.87. The lowest BCUT2D eigenvalue weighted by Crippen LogP contribution is -2.32. The maximum atomic E-state index is 12.4. The number of aromatic nitrogens is 2. The van der Waals surface area contributed by atoms with E-state index >= 15 is 0 Å². The molecular weight excluding hydrogens is 318 g/mol. The first-order valence-corrected chi connectivity index (χ1v) is 8.66. The number of hydrogen-bond donors (Lipinski definition) is 1. The third kappa shape index (κ3) is 4.46. The predicted octanol–water partition coefficient (Wildman–Crippen LogP) is 1.21. The molecule has 1 aliphatic heterocycles. The van der Waals surface area contributed by atoms with Crippen molar-refractivity contribution in [2.45, 2.75) is 12.3 Å². The van der Waals surface area contributed by atoms with Crippen LogP contribution in [0.4, 0.5) is 0 Å². The van der Waals surface area contributed by atoms with Crippen LogP contribution in [-0.4, -0.2) is 58.6 Å². The van der Waals surface area contributed by atoms with Gasteiger partial charge in [-0.2, -0.15) is 5.10 Å². The van der Waals surface area contributed by atoms with Crippen LogP contribution in [-0.2, 0) is 23.0 Å². The van der Waals surface area contributed by atoms with Crippen LogP contribution >= 0.6 is 0 Å². The Kier molecular flexibility index (Phi) is 5.83. The lowest BCUT2D eigenvalue weighted by atomic mass is 9.92. The molecular formula is C19H25N3O3. The van der Waals surface area contributed by atoms with Crippen molar-refractivity contribution in [2.24, 2.45) is 13.0 Å². The van der Waals surface area contributed by atoms with Gasteiger partial charge in [-0.1, -0.05) is 30.3 Å². The van der Waals surface area contributed by atoms with Crippen molar-refractivity contribution >= 4 is 5.91 Å². The lowest BCUT2D eigenvalue weighted by molar-refractivity contribution is -0.135. The second kappa shape index (κ2) is 8.27. The number of nitrogens with zero attached hydrogens (tertiary/aromatic N) is 3. The minimum atomic E-state index is -0.0158. The van der Waals surface area contributed by atoms with Crippen molar-refractivity contribution in [3.05, 3.63) is 53.9 Å². The van der Waals surface area contributed by atoms with E-state index in [4.69, 9.17) is 4.74 Å². The zero-order chi connectivity index (χ0) is 17.6. The van der Waals surface area contributed by atoms with E-state index in [-0.39, 0.29) is 31.0 Å². The summed E-state index contributed by atoms with van der Waals surface area (Å²) < 4.78 is 7.31. The molecule has 1 aromatic heterocycles. The summed E-state index contributed by atoms with van der Waals surface area (Å²) in [5.74, 6) is 0.169. The molecule has 1 aliphatic rings. The normalized spacial score (nSPS) is 20.2. The fourth-order valence-electron chi connectivity index (χ4n) is 3.35. The number of hydrogen-bond acceptors (Lipinski definition) is 4. The molecule has 6 nitrogen and oxygen atoms in total. The van der Waals surface area contributed by atoms with E-state index in [9.17, 15) is 9.90 Å². The van der Waals surface area contributed by atoms with Crippen LogP contribution in [0.3, 0.4) is 0 Å². The summed E-state index contributed by atoms with van der Waals surface area (Å²) >= 11 is 0. The standard InChI is InChI=1S/C19H25N3O3/c1-21-10-16(9-20-21)18-12-22(11-17(18)13-23)19(24)14-25-8-7-15-5-3-2-4-6-15/h2-6,9-10,17-18,23H,7-8,11-14H2,1H3/t17-,18-/m0/s1. The van der Waals surface area contributed by atoms with Crippen molar-refractivity contribution in [3.8, 4) is 0 Å². The first kappa shape index (κ1) is 17.6. The van der Waals surface area contributed by atoms with Gasteiger partial charge >= 0.3 is 0 Å². The van der Waals surface area contributed by atoms with Gasteiger partial charge in [0.25, 0.3) is 0 Å². The Hall–Kier alpha value is -2.18. The molecule has 1 aromatic carbocycles. The fraction of sp³-hybridized carbons (Fsp3) is 0.474. The number of likely N-dealkylation sites (tertiary alicyclic amines) is 1. The van der Waals surface area contributed by atoms with E-state index in [1.165, 1.54) is 5.56 Å². The zero-order valence-corrected chi connectivity index (χ0v) is 14.5. The number of carbonyl (C=O) groups is 1. The SMILES string of the molecule is Cn1cc([C@@H]2CN(C(=O)COCCc3ccccc3)C[C@H]2CO)cn1. The van der Waals surface area contributed by atoms with Crippen molar-refractivity contribution in [1.29, 1.82) is 0 Å². The number of aryl methyl sites for hydroxylation is 1. The Balaban J connectivity index is 1.47. The molecule has 6 heteroatoms. The van der Waals surface area contributed by atoms with Gasteiger partial charge in [0, 0.05) is 44.8 Å². The van der Waals surface area contributed by atoms with Gasteiger partial charge in [-0.05, 0) is 17.5 Å². The summed E-state index contributed by atoms with van der Waals surface area (Å²) in [6.07, 6.45) is 4.57. The van der Waals surface area contributed by atoms with Crippen LogP contribution in [0.15, 0.2) is 42.7 Å². The smallest absolute Gasteiger partial charge is 0.248 e. The Labute approximate surface area is 148 Å². The summed E-state index contributed by atoms with van der Waals surface area (Å²) in [6, 6.07) is 10.1. The van der Waals surface area contributed by atoms with E-state index in [1.807, 2.05) is 37.6 Å². The average Bonchev–Trinajstić information content (AvgIpc) is 3.25. The third-order valence-electron chi connectivity index (χ3n) is 4.78. The monoisotopic (exact) mass is 343 g/mol. The molecule has 1 saturated heterocycles. The molecule has 0 radical (unpaired) electrons. The van der Waals surface area contributed by atoms with Crippen LogP contribution in [0.1, 0.15) is 17.0 Å². The molecule has 2 atom stereocenters. The molecule has 1 amide bonds. The number of carbonyl (C=O) groups excluding carboxylic acids is 1. The first-order chi connectivity index (χ1) is 12.2. The number of ether oxygens (including phenoxy) is 1. The molecule has 0 unspecified atom stereocenters. The van der Waals surface area contributed by atoms with Gasteiger partial charge in [-0.3, -0.25) is 9.48 Å². The summed E-state index contributed by atoms with van der Waals surface area (Å²) in [4.78, 5) is 14.2. The van der Waals surface area contributed by atoms with E-state index in [0.717, 1.165) is 12.0 Å². The van der Waals surface area contributed by atoms with Crippen molar-refractivity contribution in [3.63, 3.8) is 0 Å². The van der Waals surface area contributed by atoms with Crippen molar-refractivity contribution in [1.82, 2.24) is 14.7 Å². The van der Waals surface area contributed by atoms with E-state index in [2.05, 4.69) is 17.2 Å². The first-order valence-electron chi connectivity index (χ1n) is 8.66. The maximum absolute atomic E-state index is 12.4. The molecule has 0 spiro atoms. The van der Waals surface area contributed by atoms with Gasteiger partial charge in [0.1, 0.15) is 6.61 Å². The molecule has 25 heavy (non-hydrogen) atoms.